The highest BCUT2D eigenvalue weighted by molar-refractivity contribution is 8.70. The molecule has 78 valence electrons. The van der Waals surface area contributed by atoms with E-state index in [1.54, 1.807) is 6.92 Å². The Hall–Kier alpha value is 0.220. The Bertz CT molecular complexity index is 231. The van der Waals surface area contributed by atoms with Crippen LogP contribution in [0, 0.1) is 0 Å². The van der Waals surface area contributed by atoms with Crippen molar-refractivity contribution in [2.24, 2.45) is 0 Å². The molecule has 6 heteroatoms. The van der Waals surface area contributed by atoms with Crippen LogP contribution in [0.5, 0.6) is 0 Å². The molecule has 1 aliphatic rings. The second kappa shape index (κ2) is 5.19. The smallest absolute Gasteiger partial charge is 0.322 e. The van der Waals surface area contributed by atoms with Gasteiger partial charge in [-0.1, -0.05) is 0 Å². The van der Waals surface area contributed by atoms with Gasteiger partial charge in [0.2, 0.25) is 0 Å². The first-order chi connectivity index (χ1) is 6.14. The van der Waals surface area contributed by atoms with Crippen molar-refractivity contribution < 1.29 is 17.3 Å². The Morgan fingerprint density at radius 3 is 2.92 bits per heavy atom. The summed E-state index contributed by atoms with van der Waals surface area (Å²) in [6.07, 6.45) is 2.06. The molecule has 1 aliphatic heterocycles. The summed E-state index contributed by atoms with van der Waals surface area (Å²) in [5, 5.41) is 0. The normalized spacial score (nSPS) is 23.6. The lowest BCUT2D eigenvalue weighted by Gasteiger charge is -2.07. The molecular weight excluding hydrogens is 212 g/mol. The first-order valence-electron chi connectivity index (χ1n) is 4.29. The van der Waals surface area contributed by atoms with E-state index in [-0.39, 0.29) is 12.7 Å². The second-order valence-electron chi connectivity index (χ2n) is 2.73. The van der Waals surface area contributed by atoms with Crippen molar-refractivity contribution in [3.8, 4) is 0 Å². The van der Waals surface area contributed by atoms with Gasteiger partial charge >= 0.3 is 9.15 Å². The van der Waals surface area contributed by atoms with Crippen LogP contribution in [0.25, 0.3) is 0 Å². The van der Waals surface area contributed by atoms with Gasteiger partial charge in [-0.05, 0) is 30.6 Å². The van der Waals surface area contributed by atoms with Gasteiger partial charge in [-0.3, -0.25) is 4.18 Å². The van der Waals surface area contributed by atoms with Crippen molar-refractivity contribution in [3.63, 3.8) is 0 Å². The summed E-state index contributed by atoms with van der Waals surface area (Å²) >= 11 is 0. The Balaban J connectivity index is 2.24. The molecule has 1 heterocycles. The van der Waals surface area contributed by atoms with Crippen LogP contribution in [0.4, 0.5) is 0 Å². The number of hydrogen-bond donors (Lipinski definition) is 0. The van der Waals surface area contributed by atoms with Crippen LogP contribution in [0.1, 0.15) is 19.8 Å². The highest BCUT2D eigenvalue weighted by Crippen LogP contribution is 2.21. The van der Waals surface area contributed by atoms with Gasteiger partial charge in [-0.2, -0.15) is 8.42 Å². The fraction of sp³-hybridized carbons (Fsp3) is 1.00. The standard InChI is InChI=1S/C7H14O4S2/c1-2-11-13(8,9)12-6-7-4-3-5-10-7/h7H,2-6H2,1H3. The third-order valence-electron chi connectivity index (χ3n) is 1.68. The van der Waals surface area contributed by atoms with Crippen LogP contribution in [0.3, 0.4) is 0 Å². The van der Waals surface area contributed by atoms with Crippen LogP contribution >= 0.6 is 10.8 Å². The van der Waals surface area contributed by atoms with Gasteiger partial charge < -0.3 is 4.74 Å². The van der Waals surface area contributed by atoms with Gasteiger partial charge in [0.15, 0.2) is 0 Å². The minimum Gasteiger partial charge on any atom is -0.377 e. The van der Waals surface area contributed by atoms with E-state index >= 15 is 0 Å². The van der Waals surface area contributed by atoms with Gasteiger partial charge in [0, 0.05) is 12.4 Å². The molecule has 1 unspecified atom stereocenters. The van der Waals surface area contributed by atoms with E-state index in [2.05, 4.69) is 4.18 Å². The molecule has 13 heavy (non-hydrogen) atoms. The molecule has 0 radical (unpaired) electrons. The molecule has 0 saturated carbocycles. The SMILES string of the molecule is CCOS(=O)(=O)SCC1CCCO1. The van der Waals surface area contributed by atoms with E-state index < -0.39 is 9.15 Å². The molecule has 0 aromatic carbocycles. The van der Waals surface area contributed by atoms with Crippen LogP contribution in [-0.4, -0.2) is 33.5 Å². The van der Waals surface area contributed by atoms with Crippen molar-refractivity contribution in [1.82, 2.24) is 0 Å². The summed E-state index contributed by atoms with van der Waals surface area (Å²) in [7, 11) is -2.56. The van der Waals surface area contributed by atoms with E-state index in [4.69, 9.17) is 4.74 Å². The largest absolute Gasteiger partial charge is 0.377 e. The predicted molar refractivity (Wildman–Crippen MR) is 52.0 cm³/mol. The summed E-state index contributed by atoms with van der Waals surface area (Å²) in [6.45, 7) is 2.60. The Labute approximate surface area is 82.5 Å². The van der Waals surface area contributed by atoms with Crippen LogP contribution < -0.4 is 0 Å². The molecule has 1 fully saturated rings. The van der Waals surface area contributed by atoms with E-state index in [0.29, 0.717) is 5.75 Å². The first-order valence-corrected chi connectivity index (χ1v) is 7.20. The van der Waals surface area contributed by atoms with Crippen molar-refractivity contribution in [2.75, 3.05) is 19.0 Å². The average molecular weight is 226 g/mol. The van der Waals surface area contributed by atoms with E-state index in [1.807, 2.05) is 0 Å². The quantitative estimate of drug-likeness (QED) is 0.659. The zero-order chi connectivity index (χ0) is 9.73. The molecule has 1 saturated heterocycles. The van der Waals surface area contributed by atoms with E-state index in [1.165, 1.54) is 0 Å². The van der Waals surface area contributed by atoms with E-state index in [0.717, 1.165) is 30.2 Å². The summed E-state index contributed by atoms with van der Waals surface area (Å²) in [4.78, 5) is 0. The maximum absolute atomic E-state index is 11.1. The van der Waals surface area contributed by atoms with Gasteiger partial charge in [-0.25, -0.2) is 0 Å². The highest BCUT2D eigenvalue weighted by atomic mass is 33.1. The molecule has 1 atom stereocenters. The third kappa shape index (κ3) is 4.30. The zero-order valence-electron chi connectivity index (χ0n) is 7.56. The maximum Gasteiger partial charge on any atom is 0.322 e. The lowest BCUT2D eigenvalue weighted by Crippen LogP contribution is -2.11. The first kappa shape index (κ1) is 11.3. The van der Waals surface area contributed by atoms with Crippen LogP contribution in [0.15, 0.2) is 0 Å². The van der Waals surface area contributed by atoms with Crippen molar-refractivity contribution in [2.45, 2.75) is 25.9 Å². The molecule has 0 aromatic heterocycles. The Kier molecular flexibility index (Phi) is 4.51. The summed E-state index contributed by atoms with van der Waals surface area (Å²) in [6, 6.07) is 0. The third-order valence-corrected chi connectivity index (χ3v) is 4.57. The molecule has 0 amide bonds. The van der Waals surface area contributed by atoms with Gasteiger partial charge in [0.1, 0.15) is 0 Å². The zero-order valence-corrected chi connectivity index (χ0v) is 9.20. The topological polar surface area (TPSA) is 52.6 Å². The number of ether oxygens (including phenoxy) is 1. The minimum absolute atomic E-state index is 0.0835. The average Bonchev–Trinajstić information content (AvgIpc) is 2.52. The summed E-state index contributed by atoms with van der Waals surface area (Å²) in [5.74, 6) is 0.475. The van der Waals surface area contributed by atoms with E-state index in [9.17, 15) is 8.42 Å². The van der Waals surface area contributed by atoms with Crippen molar-refractivity contribution in [1.29, 1.82) is 0 Å². The lowest BCUT2D eigenvalue weighted by atomic mass is 10.3. The Morgan fingerprint density at radius 1 is 1.62 bits per heavy atom. The number of rotatable bonds is 5. The fourth-order valence-electron chi connectivity index (χ4n) is 1.11. The molecule has 0 aliphatic carbocycles. The Morgan fingerprint density at radius 2 is 2.38 bits per heavy atom. The highest BCUT2D eigenvalue weighted by Gasteiger charge is 2.20. The van der Waals surface area contributed by atoms with Gasteiger partial charge in [-0.15, -0.1) is 0 Å². The maximum atomic E-state index is 11.1. The lowest BCUT2D eigenvalue weighted by molar-refractivity contribution is 0.129. The predicted octanol–water partition coefficient (Wildman–Crippen LogP) is 1.18. The molecular formula is C7H14O4S2. The molecule has 1 rings (SSSR count). The van der Waals surface area contributed by atoms with Gasteiger partial charge in [0.05, 0.1) is 12.7 Å². The van der Waals surface area contributed by atoms with Crippen LogP contribution in [-0.2, 0) is 18.1 Å². The fourth-order valence-corrected chi connectivity index (χ4v) is 3.50. The second-order valence-corrected chi connectivity index (χ2v) is 6.29. The number of hydrogen-bond acceptors (Lipinski definition) is 5. The summed E-state index contributed by atoms with van der Waals surface area (Å²) in [5.41, 5.74) is 0. The molecule has 0 N–H and O–H groups in total. The monoisotopic (exact) mass is 226 g/mol. The van der Waals surface area contributed by atoms with Crippen molar-refractivity contribution in [3.05, 3.63) is 0 Å². The van der Waals surface area contributed by atoms with Crippen molar-refractivity contribution >= 4 is 19.9 Å². The summed E-state index contributed by atoms with van der Waals surface area (Å²) < 4.78 is 32.0. The van der Waals surface area contributed by atoms with Gasteiger partial charge in [0.25, 0.3) is 0 Å². The molecule has 0 bridgehead atoms. The molecule has 0 aromatic rings. The minimum atomic E-state index is -3.38. The molecule has 4 nitrogen and oxygen atoms in total. The molecule has 0 spiro atoms. The van der Waals surface area contributed by atoms with Crippen LogP contribution in [0.2, 0.25) is 0 Å².